The van der Waals surface area contributed by atoms with Gasteiger partial charge in [-0.15, -0.1) is 0 Å². The molecule has 1 fully saturated rings. The zero-order valence-corrected chi connectivity index (χ0v) is 14.5. The van der Waals surface area contributed by atoms with E-state index in [-0.39, 0.29) is 5.91 Å². The second kappa shape index (κ2) is 7.01. The fourth-order valence-corrected chi connectivity index (χ4v) is 3.52. The summed E-state index contributed by atoms with van der Waals surface area (Å²) in [5.74, 6) is 0.108. The monoisotopic (exact) mass is 326 g/mol. The highest BCUT2D eigenvalue weighted by atomic mass is 32.1. The van der Waals surface area contributed by atoms with Gasteiger partial charge in [0.25, 0.3) is 0 Å². The van der Waals surface area contributed by atoms with Crippen LogP contribution in [0.25, 0.3) is 6.08 Å². The molecule has 120 valence electrons. The van der Waals surface area contributed by atoms with Crippen molar-refractivity contribution in [1.82, 2.24) is 4.90 Å². The molecular formula is C19H22N2OS. The third kappa shape index (κ3) is 3.64. The molecule has 1 saturated heterocycles. The first-order chi connectivity index (χ1) is 11.1. The number of benzene rings is 1. The Morgan fingerprint density at radius 1 is 1.13 bits per heavy atom. The summed E-state index contributed by atoms with van der Waals surface area (Å²) < 4.78 is 0. The van der Waals surface area contributed by atoms with Crippen molar-refractivity contribution in [3.8, 4) is 0 Å². The van der Waals surface area contributed by atoms with Crippen molar-refractivity contribution in [3.63, 3.8) is 0 Å². The standard InChI is InChI=1S/C19H22N2OS/c1-15-4-3-5-18(16(15)2)20-9-11-21(12-10-20)19(22)7-6-17-8-13-23-14-17/h3-8,13-14H,9-12H2,1-2H3/b7-6+. The van der Waals surface area contributed by atoms with Crippen LogP contribution in [-0.4, -0.2) is 37.0 Å². The van der Waals surface area contributed by atoms with Crippen molar-refractivity contribution in [3.05, 3.63) is 57.8 Å². The van der Waals surface area contributed by atoms with Crippen LogP contribution in [0.5, 0.6) is 0 Å². The van der Waals surface area contributed by atoms with E-state index >= 15 is 0 Å². The Bertz CT molecular complexity index is 698. The highest BCUT2D eigenvalue weighted by Crippen LogP contribution is 2.23. The van der Waals surface area contributed by atoms with Crippen LogP contribution < -0.4 is 4.90 Å². The molecule has 0 bridgehead atoms. The molecule has 4 heteroatoms. The normalized spacial score (nSPS) is 15.4. The van der Waals surface area contributed by atoms with Crippen molar-refractivity contribution >= 4 is 29.0 Å². The van der Waals surface area contributed by atoms with E-state index in [1.54, 1.807) is 17.4 Å². The Balaban J connectivity index is 1.60. The van der Waals surface area contributed by atoms with E-state index in [1.807, 2.05) is 27.8 Å². The maximum absolute atomic E-state index is 12.3. The van der Waals surface area contributed by atoms with Gasteiger partial charge in [0.2, 0.25) is 5.91 Å². The molecule has 3 nitrogen and oxygen atoms in total. The van der Waals surface area contributed by atoms with Crippen LogP contribution in [-0.2, 0) is 4.79 Å². The van der Waals surface area contributed by atoms with Gasteiger partial charge < -0.3 is 9.80 Å². The minimum Gasteiger partial charge on any atom is -0.368 e. The first-order valence-electron chi connectivity index (χ1n) is 7.95. The third-order valence-electron chi connectivity index (χ3n) is 4.47. The molecular weight excluding hydrogens is 304 g/mol. The summed E-state index contributed by atoms with van der Waals surface area (Å²) in [4.78, 5) is 16.6. The molecule has 1 amide bonds. The molecule has 1 aliphatic rings. The first kappa shape index (κ1) is 15.8. The maximum Gasteiger partial charge on any atom is 0.246 e. The van der Waals surface area contributed by atoms with Crippen LogP contribution >= 0.6 is 11.3 Å². The van der Waals surface area contributed by atoms with Gasteiger partial charge in [-0.1, -0.05) is 12.1 Å². The van der Waals surface area contributed by atoms with Gasteiger partial charge in [0, 0.05) is 37.9 Å². The van der Waals surface area contributed by atoms with Gasteiger partial charge in [0.15, 0.2) is 0 Å². The number of nitrogens with zero attached hydrogens (tertiary/aromatic N) is 2. The van der Waals surface area contributed by atoms with Gasteiger partial charge in [0.1, 0.15) is 0 Å². The van der Waals surface area contributed by atoms with E-state index in [1.165, 1.54) is 16.8 Å². The van der Waals surface area contributed by atoms with Crippen molar-refractivity contribution in [2.45, 2.75) is 13.8 Å². The number of rotatable bonds is 3. The van der Waals surface area contributed by atoms with Crippen LogP contribution in [0.1, 0.15) is 16.7 Å². The highest BCUT2D eigenvalue weighted by molar-refractivity contribution is 7.08. The molecule has 0 aliphatic carbocycles. The third-order valence-corrected chi connectivity index (χ3v) is 5.17. The Hall–Kier alpha value is -2.07. The predicted octanol–water partition coefficient (Wildman–Crippen LogP) is 3.73. The Labute approximate surface area is 141 Å². The Morgan fingerprint density at radius 3 is 2.61 bits per heavy atom. The molecule has 1 aromatic carbocycles. The first-order valence-corrected chi connectivity index (χ1v) is 8.90. The van der Waals surface area contributed by atoms with Crippen molar-refractivity contribution in [2.24, 2.45) is 0 Å². The molecule has 2 heterocycles. The fraction of sp³-hybridized carbons (Fsp3) is 0.316. The average molecular weight is 326 g/mol. The average Bonchev–Trinajstić information content (AvgIpc) is 3.09. The van der Waals surface area contributed by atoms with Gasteiger partial charge in [-0.25, -0.2) is 0 Å². The zero-order chi connectivity index (χ0) is 16.2. The lowest BCUT2D eigenvalue weighted by atomic mass is 10.1. The van der Waals surface area contributed by atoms with E-state index in [9.17, 15) is 4.79 Å². The van der Waals surface area contributed by atoms with Crippen LogP contribution in [0.2, 0.25) is 0 Å². The van der Waals surface area contributed by atoms with E-state index in [4.69, 9.17) is 0 Å². The number of hydrogen-bond acceptors (Lipinski definition) is 3. The highest BCUT2D eigenvalue weighted by Gasteiger charge is 2.20. The number of aryl methyl sites for hydroxylation is 1. The number of hydrogen-bond donors (Lipinski definition) is 0. The molecule has 0 saturated carbocycles. The number of carbonyl (C=O) groups is 1. The molecule has 2 aromatic rings. The SMILES string of the molecule is Cc1cccc(N2CCN(C(=O)/C=C/c3ccsc3)CC2)c1C. The fourth-order valence-electron chi connectivity index (χ4n) is 2.89. The molecule has 0 spiro atoms. The summed E-state index contributed by atoms with van der Waals surface area (Å²) in [5, 5.41) is 4.06. The van der Waals surface area contributed by atoms with Crippen LogP contribution in [0.15, 0.2) is 41.1 Å². The maximum atomic E-state index is 12.3. The van der Waals surface area contributed by atoms with Crippen LogP contribution in [0.4, 0.5) is 5.69 Å². The summed E-state index contributed by atoms with van der Waals surface area (Å²) in [6.07, 6.45) is 3.59. The summed E-state index contributed by atoms with van der Waals surface area (Å²) in [6, 6.07) is 8.45. The summed E-state index contributed by atoms with van der Waals surface area (Å²) in [5.41, 5.74) is 5.05. The number of amides is 1. The van der Waals surface area contributed by atoms with Gasteiger partial charge in [-0.05, 0) is 59.5 Å². The quantitative estimate of drug-likeness (QED) is 0.803. The van der Waals surface area contributed by atoms with Gasteiger partial charge in [-0.2, -0.15) is 11.3 Å². The van der Waals surface area contributed by atoms with Gasteiger partial charge in [-0.3, -0.25) is 4.79 Å². The van der Waals surface area contributed by atoms with E-state index in [2.05, 4.69) is 36.9 Å². The number of thiophene rings is 1. The van der Waals surface area contributed by atoms with Gasteiger partial charge >= 0.3 is 0 Å². The summed E-state index contributed by atoms with van der Waals surface area (Å²) in [7, 11) is 0. The zero-order valence-electron chi connectivity index (χ0n) is 13.7. The number of anilines is 1. The van der Waals surface area contributed by atoms with Crippen molar-refractivity contribution in [1.29, 1.82) is 0 Å². The molecule has 1 aromatic heterocycles. The second-order valence-electron chi connectivity index (χ2n) is 5.92. The second-order valence-corrected chi connectivity index (χ2v) is 6.70. The largest absolute Gasteiger partial charge is 0.368 e. The van der Waals surface area contributed by atoms with Crippen molar-refractivity contribution in [2.75, 3.05) is 31.1 Å². The molecule has 3 rings (SSSR count). The van der Waals surface area contributed by atoms with Crippen molar-refractivity contribution < 1.29 is 4.79 Å². The molecule has 0 atom stereocenters. The number of piperazine rings is 1. The van der Waals surface area contributed by atoms with Gasteiger partial charge in [0.05, 0.1) is 0 Å². The Morgan fingerprint density at radius 2 is 1.91 bits per heavy atom. The smallest absolute Gasteiger partial charge is 0.246 e. The van der Waals surface area contributed by atoms with Crippen LogP contribution in [0, 0.1) is 13.8 Å². The lowest BCUT2D eigenvalue weighted by molar-refractivity contribution is -0.126. The molecule has 1 aliphatic heterocycles. The van der Waals surface area contributed by atoms with E-state index in [0.717, 1.165) is 31.7 Å². The predicted molar refractivity (Wildman–Crippen MR) is 98.1 cm³/mol. The van der Waals surface area contributed by atoms with E-state index < -0.39 is 0 Å². The minimum atomic E-state index is 0.108. The molecule has 0 unspecified atom stereocenters. The minimum absolute atomic E-state index is 0.108. The number of carbonyl (C=O) groups excluding carboxylic acids is 1. The topological polar surface area (TPSA) is 23.6 Å². The molecule has 23 heavy (non-hydrogen) atoms. The molecule has 0 radical (unpaired) electrons. The Kier molecular flexibility index (Phi) is 4.82. The molecule has 0 N–H and O–H groups in total. The lowest BCUT2D eigenvalue weighted by Crippen LogP contribution is -2.48. The summed E-state index contributed by atoms with van der Waals surface area (Å²) in [6.45, 7) is 7.66. The van der Waals surface area contributed by atoms with E-state index in [0.29, 0.717) is 0 Å². The lowest BCUT2D eigenvalue weighted by Gasteiger charge is -2.36. The van der Waals surface area contributed by atoms with Crippen LogP contribution in [0.3, 0.4) is 0 Å². The summed E-state index contributed by atoms with van der Waals surface area (Å²) >= 11 is 1.64.